The second kappa shape index (κ2) is 6.84. The third-order valence-corrected chi connectivity index (χ3v) is 5.18. The third-order valence-electron chi connectivity index (χ3n) is 5.18. The molecule has 0 aliphatic carbocycles. The lowest BCUT2D eigenvalue weighted by Crippen LogP contribution is -2.52. The number of anilines is 1. The van der Waals surface area contributed by atoms with Gasteiger partial charge in [0.15, 0.2) is 6.04 Å². The predicted molar refractivity (Wildman–Crippen MR) is 102 cm³/mol. The Bertz CT molecular complexity index is 1050. The number of carboxylic acids is 1. The van der Waals surface area contributed by atoms with E-state index < -0.39 is 24.1 Å². The number of hydrogen-bond acceptors (Lipinski definition) is 5. The predicted octanol–water partition coefficient (Wildman–Crippen LogP) is 2.45. The number of fused-ring (bicyclic) bond motifs is 1. The number of carboxylic acid groups (broad SMARTS) is 2. The number of nitrogens with two attached hydrogens (primary N) is 1. The maximum atomic E-state index is 12.0. The molecule has 2 unspecified atom stereocenters. The van der Waals surface area contributed by atoms with Crippen LogP contribution in [-0.4, -0.2) is 54.3 Å². The molecule has 0 spiro atoms. The summed E-state index contributed by atoms with van der Waals surface area (Å²) in [4.78, 5) is 33.0. The Morgan fingerprint density at radius 3 is 2.57 bits per heavy atom. The molecular weight excluding hydrogens is 362 g/mol. The molecule has 0 saturated carbocycles. The van der Waals surface area contributed by atoms with E-state index in [1.165, 1.54) is 6.33 Å². The first kappa shape index (κ1) is 17.8. The summed E-state index contributed by atoms with van der Waals surface area (Å²) in [6, 6.07) is 7.72. The number of nitrogens with zero attached hydrogens (tertiary/aromatic N) is 4. The van der Waals surface area contributed by atoms with Gasteiger partial charge in [0.05, 0.1) is 11.4 Å². The smallest absolute Gasteiger partial charge is 0.408 e. The largest absolute Gasteiger partial charge is 0.480 e. The van der Waals surface area contributed by atoms with Crippen LogP contribution in [-0.2, 0) is 4.79 Å². The first-order valence-electron chi connectivity index (χ1n) is 8.88. The summed E-state index contributed by atoms with van der Waals surface area (Å²) < 4.78 is 1.74. The second-order valence-corrected chi connectivity index (χ2v) is 6.74. The van der Waals surface area contributed by atoms with E-state index >= 15 is 0 Å². The van der Waals surface area contributed by atoms with Gasteiger partial charge in [-0.1, -0.05) is 30.3 Å². The van der Waals surface area contributed by atoms with E-state index in [0.29, 0.717) is 29.7 Å². The standard InChI is InChI=1S/C19H19N5O4/c20-16-14-12(11-5-2-1-3-6-11)9-24(17(14)22-10-21-16)13-7-4-8-23(19(27)28)15(13)18(25)26/h1-3,5-6,9-10,13,15H,4,7-8H2,(H,25,26)(H,27,28)(H2,20,21,22). The van der Waals surface area contributed by atoms with Crippen LogP contribution in [0, 0.1) is 0 Å². The van der Waals surface area contributed by atoms with Gasteiger partial charge in [-0.15, -0.1) is 0 Å². The molecule has 2 atom stereocenters. The van der Waals surface area contributed by atoms with Crippen molar-refractivity contribution in [1.82, 2.24) is 19.4 Å². The van der Waals surface area contributed by atoms with Gasteiger partial charge in [0, 0.05) is 18.3 Å². The molecule has 1 amide bonds. The molecule has 28 heavy (non-hydrogen) atoms. The Morgan fingerprint density at radius 2 is 1.89 bits per heavy atom. The molecule has 3 aromatic rings. The van der Waals surface area contributed by atoms with Crippen molar-refractivity contribution >= 4 is 28.9 Å². The molecule has 3 heterocycles. The van der Waals surface area contributed by atoms with Gasteiger partial charge in [0.25, 0.3) is 0 Å². The normalized spacial score (nSPS) is 19.6. The number of rotatable bonds is 3. The third kappa shape index (κ3) is 2.81. The monoisotopic (exact) mass is 381 g/mol. The molecule has 4 rings (SSSR count). The van der Waals surface area contributed by atoms with E-state index in [2.05, 4.69) is 9.97 Å². The maximum absolute atomic E-state index is 12.0. The first-order valence-corrected chi connectivity index (χ1v) is 8.88. The topological polar surface area (TPSA) is 135 Å². The van der Waals surface area contributed by atoms with Crippen LogP contribution in [0.5, 0.6) is 0 Å². The average molecular weight is 381 g/mol. The fraction of sp³-hybridized carbons (Fsp3) is 0.263. The molecule has 1 aromatic carbocycles. The Hall–Kier alpha value is -3.62. The lowest BCUT2D eigenvalue weighted by atomic mass is 9.96. The van der Waals surface area contributed by atoms with Crippen LogP contribution in [0.2, 0.25) is 0 Å². The zero-order valence-corrected chi connectivity index (χ0v) is 14.9. The summed E-state index contributed by atoms with van der Waals surface area (Å²) in [6.45, 7) is 0.185. The van der Waals surface area contributed by atoms with Crippen molar-refractivity contribution in [2.24, 2.45) is 0 Å². The Kier molecular flexibility index (Phi) is 4.34. The lowest BCUT2D eigenvalue weighted by molar-refractivity contribution is -0.145. The second-order valence-electron chi connectivity index (χ2n) is 6.74. The SMILES string of the molecule is Nc1ncnc2c1c(-c1ccccc1)cn2C1CCCN(C(=O)O)C1C(=O)O. The number of hydrogen-bond donors (Lipinski definition) is 3. The molecule has 2 aromatic heterocycles. The lowest BCUT2D eigenvalue weighted by Gasteiger charge is -2.37. The molecule has 1 saturated heterocycles. The van der Waals surface area contributed by atoms with Crippen LogP contribution in [0.1, 0.15) is 18.9 Å². The number of benzene rings is 1. The molecule has 0 bridgehead atoms. The molecule has 9 heteroatoms. The van der Waals surface area contributed by atoms with E-state index in [1.807, 2.05) is 30.3 Å². The molecule has 0 radical (unpaired) electrons. The van der Waals surface area contributed by atoms with Gasteiger partial charge in [-0.3, -0.25) is 4.90 Å². The molecule has 9 nitrogen and oxygen atoms in total. The maximum Gasteiger partial charge on any atom is 0.408 e. The summed E-state index contributed by atoms with van der Waals surface area (Å²) in [7, 11) is 0. The van der Waals surface area contributed by atoms with Crippen LogP contribution in [0.3, 0.4) is 0 Å². The minimum absolute atomic E-state index is 0.185. The Morgan fingerprint density at radius 1 is 1.14 bits per heavy atom. The first-order chi connectivity index (χ1) is 13.5. The van der Waals surface area contributed by atoms with Crippen LogP contribution >= 0.6 is 0 Å². The fourth-order valence-corrected chi connectivity index (χ4v) is 3.98. The summed E-state index contributed by atoms with van der Waals surface area (Å²) in [5.41, 5.74) is 8.29. The minimum atomic E-state index is -1.24. The number of carbonyl (C=O) groups is 2. The van der Waals surface area contributed by atoms with Gasteiger partial charge in [0.2, 0.25) is 0 Å². The number of aliphatic carboxylic acids is 1. The number of nitrogen functional groups attached to an aromatic ring is 1. The van der Waals surface area contributed by atoms with E-state index in [-0.39, 0.29) is 6.54 Å². The highest BCUT2D eigenvalue weighted by molar-refractivity contribution is 6.00. The molecule has 1 aliphatic heterocycles. The van der Waals surface area contributed by atoms with Crippen molar-refractivity contribution in [3.05, 3.63) is 42.9 Å². The van der Waals surface area contributed by atoms with Gasteiger partial charge in [-0.25, -0.2) is 19.6 Å². The fourth-order valence-electron chi connectivity index (χ4n) is 3.98. The number of amides is 1. The average Bonchev–Trinajstić information content (AvgIpc) is 3.09. The van der Waals surface area contributed by atoms with Crippen LogP contribution in [0.25, 0.3) is 22.2 Å². The van der Waals surface area contributed by atoms with Crippen molar-refractivity contribution in [3.8, 4) is 11.1 Å². The van der Waals surface area contributed by atoms with Crippen molar-refractivity contribution in [1.29, 1.82) is 0 Å². The summed E-state index contributed by atoms with van der Waals surface area (Å²) in [6.07, 6.45) is 2.96. The van der Waals surface area contributed by atoms with Gasteiger partial charge in [0.1, 0.15) is 17.8 Å². The van der Waals surface area contributed by atoms with Gasteiger partial charge in [-0.2, -0.15) is 0 Å². The Balaban J connectivity index is 1.93. The van der Waals surface area contributed by atoms with Crippen LogP contribution < -0.4 is 5.73 Å². The minimum Gasteiger partial charge on any atom is -0.480 e. The molecule has 1 fully saturated rings. The van der Waals surface area contributed by atoms with Gasteiger partial charge in [-0.05, 0) is 18.4 Å². The zero-order chi connectivity index (χ0) is 19.8. The van der Waals surface area contributed by atoms with Crippen LogP contribution in [0.15, 0.2) is 42.9 Å². The molecular formula is C19H19N5O4. The van der Waals surface area contributed by atoms with E-state index in [1.54, 1.807) is 10.8 Å². The number of piperidine rings is 1. The molecule has 4 N–H and O–H groups in total. The van der Waals surface area contributed by atoms with Crippen molar-refractivity contribution in [2.75, 3.05) is 12.3 Å². The van der Waals surface area contributed by atoms with E-state index in [4.69, 9.17) is 5.73 Å². The quantitative estimate of drug-likeness (QED) is 0.634. The van der Waals surface area contributed by atoms with Crippen molar-refractivity contribution < 1.29 is 19.8 Å². The number of likely N-dealkylation sites (tertiary alicyclic amines) is 1. The molecule has 144 valence electrons. The van der Waals surface area contributed by atoms with Crippen molar-refractivity contribution in [2.45, 2.75) is 24.9 Å². The molecule has 1 aliphatic rings. The van der Waals surface area contributed by atoms with Gasteiger partial charge >= 0.3 is 12.1 Å². The zero-order valence-electron chi connectivity index (χ0n) is 14.9. The highest BCUT2D eigenvalue weighted by Crippen LogP contribution is 2.38. The van der Waals surface area contributed by atoms with Gasteiger partial charge < -0.3 is 20.5 Å². The van der Waals surface area contributed by atoms with E-state index in [0.717, 1.165) is 16.0 Å². The van der Waals surface area contributed by atoms with Crippen molar-refractivity contribution in [3.63, 3.8) is 0 Å². The number of aromatic nitrogens is 3. The summed E-state index contributed by atoms with van der Waals surface area (Å²) in [5.74, 6) is -0.891. The Labute approximate surface area is 160 Å². The van der Waals surface area contributed by atoms with E-state index in [9.17, 15) is 19.8 Å². The van der Waals surface area contributed by atoms with Crippen LogP contribution in [0.4, 0.5) is 10.6 Å². The summed E-state index contributed by atoms with van der Waals surface area (Å²) >= 11 is 0. The summed E-state index contributed by atoms with van der Waals surface area (Å²) in [5, 5.41) is 19.9. The highest BCUT2D eigenvalue weighted by Gasteiger charge is 2.41. The highest BCUT2D eigenvalue weighted by atomic mass is 16.4.